The topological polar surface area (TPSA) is 37.8 Å². The van der Waals surface area contributed by atoms with Crippen LogP contribution in [-0.4, -0.2) is 17.0 Å². The molecule has 0 radical (unpaired) electrons. The second kappa shape index (κ2) is 5.76. The minimum Gasteiger partial charge on any atom is -0.372 e. The van der Waals surface area contributed by atoms with E-state index in [1.165, 1.54) is 11.1 Å². The lowest BCUT2D eigenvalue weighted by Gasteiger charge is -2.22. The summed E-state index contributed by atoms with van der Waals surface area (Å²) in [6, 6.07) is 6.36. The van der Waals surface area contributed by atoms with Crippen LogP contribution >= 0.6 is 15.9 Å². The summed E-state index contributed by atoms with van der Waals surface area (Å²) in [5.74, 6) is 1.59. The smallest absolute Gasteiger partial charge is 0.162 e. The maximum Gasteiger partial charge on any atom is 0.162 e. The Hall–Kier alpha value is -1.42. The van der Waals surface area contributed by atoms with Crippen molar-refractivity contribution >= 4 is 21.7 Å². The normalized spacial score (nSPS) is 11.6. The molecule has 2 rings (SSSR count). The van der Waals surface area contributed by atoms with Gasteiger partial charge in [0.25, 0.3) is 0 Å². The predicted molar refractivity (Wildman–Crippen MR) is 92.9 cm³/mol. The summed E-state index contributed by atoms with van der Waals surface area (Å²) < 4.78 is 0.936. The first kappa shape index (κ1) is 16.0. The van der Waals surface area contributed by atoms with Gasteiger partial charge in [0.1, 0.15) is 5.82 Å². The molecular formula is C17H22BrN3. The Bertz CT molecular complexity index is 672. The zero-order chi connectivity index (χ0) is 15.8. The lowest BCUT2D eigenvalue weighted by atomic mass is 9.91. The molecular weight excluding hydrogens is 326 g/mol. The molecule has 0 saturated heterocycles. The van der Waals surface area contributed by atoms with Crippen LogP contribution in [0.3, 0.4) is 0 Å². The molecule has 0 atom stereocenters. The quantitative estimate of drug-likeness (QED) is 0.842. The van der Waals surface area contributed by atoms with Gasteiger partial charge in [-0.05, 0) is 35.3 Å². The van der Waals surface area contributed by atoms with Crippen LogP contribution in [0.5, 0.6) is 0 Å². The van der Waals surface area contributed by atoms with Crippen LogP contribution in [0.1, 0.15) is 37.6 Å². The second-order valence-electron chi connectivity index (χ2n) is 6.38. The second-order valence-corrected chi connectivity index (χ2v) is 7.17. The van der Waals surface area contributed by atoms with E-state index in [2.05, 4.69) is 79.0 Å². The van der Waals surface area contributed by atoms with Crippen molar-refractivity contribution in [1.29, 1.82) is 0 Å². The molecule has 1 N–H and O–H groups in total. The van der Waals surface area contributed by atoms with Crippen LogP contribution in [0.2, 0.25) is 0 Å². The minimum absolute atomic E-state index is 0.0548. The van der Waals surface area contributed by atoms with Crippen molar-refractivity contribution in [1.82, 2.24) is 9.97 Å². The highest BCUT2D eigenvalue weighted by Crippen LogP contribution is 2.34. The number of rotatable bonds is 2. The summed E-state index contributed by atoms with van der Waals surface area (Å²) in [6.45, 7) is 10.7. The van der Waals surface area contributed by atoms with Crippen LogP contribution in [-0.2, 0) is 5.41 Å². The highest BCUT2D eigenvalue weighted by Gasteiger charge is 2.23. The molecule has 1 heterocycles. The fourth-order valence-corrected chi connectivity index (χ4v) is 3.26. The fourth-order valence-electron chi connectivity index (χ4n) is 2.29. The average molecular weight is 348 g/mol. The Morgan fingerprint density at radius 3 is 2.29 bits per heavy atom. The van der Waals surface area contributed by atoms with Crippen molar-refractivity contribution in [3.05, 3.63) is 39.5 Å². The van der Waals surface area contributed by atoms with Gasteiger partial charge in [-0.2, -0.15) is 0 Å². The largest absolute Gasteiger partial charge is 0.372 e. The molecule has 21 heavy (non-hydrogen) atoms. The summed E-state index contributed by atoms with van der Waals surface area (Å²) in [6.07, 6.45) is 0. The molecule has 1 aromatic heterocycles. The standard InChI is InChI=1S/C17H22BrN3/c1-10-7-8-12(11(2)9-10)15-20-14(17(3,4)5)13(18)16(19-6)21-15/h7-9H,1-6H3,(H,19,20,21). The van der Waals surface area contributed by atoms with Gasteiger partial charge in [0.05, 0.1) is 10.2 Å². The third-order valence-corrected chi connectivity index (χ3v) is 4.17. The van der Waals surface area contributed by atoms with Crippen LogP contribution in [0.25, 0.3) is 11.4 Å². The van der Waals surface area contributed by atoms with Crippen molar-refractivity contribution in [2.75, 3.05) is 12.4 Å². The molecule has 112 valence electrons. The molecule has 0 aliphatic carbocycles. The van der Waals surface area contributed by atoms with E-state index >= 15 is 0 Å². The predicted octanol–water partition coefficient (Wildman–Crippen LogP) is 4.86. The molecule has 1 aromatic carbocycles. The monoisotopic (exact) mass is 347 g/mol. The van der Waals surface area contributed by atoms with Crippen molar-refractivity contribution in [2.24, 2.45) is 0 Å². The zero-order valence-corrected chi connectivity index (χ0v) is 15.1. The first-order valence-electron chi connectivity index (χ1n) is 7.07. The van der Waals surface area contributed by atoms with Crippen molar-refractivity contribution in [2.45, 2.75) is 40.0 Å². The van der Waals surface area contributed by atoms with Crippen molar-refractivity contribution in [3.8, 4) is 11.4 Å². The third kappa shape index (κ3) is 3.26. The Balaban J connectivity index is 2.70. The maximum absolute atomic E-state index is 4.81. The van der Waals surface area contributed by atoms with Gasteiger partial charge in [0.2, 0.25) is 0 Å². The lowest BCUT2D eigenvalue weighted by Crippen LogP contribution is -2.17. The number of hydrogen-bond donors (Lipinski definition) is 1. The molecule has 4 heteroatoms. The summed E-state index contributed by atoms with van der Waals surface area (Å²) >= 11 is 3.63. The number of aromatic nitrogens is 2. The molecule has 0 spiro atoms. The lowest BCUT2D eigenvalue weighted by molar-refractivity contribution is 0.564. The number of benzene rings is 1. The maximum atomic E-state index is 4.81. The first-order chi connectivity index (χ1) is 9.74. The van der Waals surface area contributed by atoms with E-state index < -0.39 is 0 Å². The minimum atomic E-state index is -0.0548. The van der Waals surface area contributed by atoms with E-state index in [1.807, 2.05) is 7.05 Å². The van der Waals surface area contributed by atoms with Gasteiger partial charge < -0.3 is 5.32 Å². The third-order valence-electron chi connectivity index (χ3n) is 3.42. The Morgan fingerprint density at radius 2 is 1.76 bits per heavy atom. The fraction of sp³-hybridized carbons (Fsp3) is 0.412. The van der Waals surface area contributed by atoms with Gasteiger partial charge in [-0.1, -0.05) is 44.5 Å². The molecule has 0 saturated carbocycles. The summed E-state index contributed by atoms with van der Waals surface area (Å²) in [7, 11) is 1.88. The Morgan fingerprint density at radius 1 is 1.10 bits per heavy atom. The van der Waals surface area contributed by atoms with Gasteiger partial charge in [0.15, 0.2) is 5.82 Å². The highest BCUT2D eigenvalue weighted by molar-refractivity contribution is 9.10. The van der Waals surface area contributed by atoms with Crippen LogP contribution in [0.15, 0.2) is 22.7 Å². The van der Waals surface area contributed by atoms with Gasteiger partial charge in [-0.25, -0.2) is 9.97 Å². The molecule has 0 bridgehead atoms. The molecule has 3 nitrogen and oxygen atoms in total. The molecule has 0 fully saturated rings. The van der Waals surface area contributed by atoms with Crippen LogP contribution in [0.4, 0.5) is 5.82 Å². The average Bonchev–Trinajstić information content (AvgIpc) is 2.38. The van der Waals surface area contributed by atoms with E-state index in [0.717, 1.165) is 27.4 Å². The van der Waals surface area contributed by atoms with Crippen molar-refractivity contribution in [3.63, 3.8) is 0 Å². The van der Waals surface area contributed by atoms with Crippen molar-refractivity contribution < 1.29 is 0 Å². The Labute approximate surface area is 135 Å². The van der Waals surface area contributed by atoms with Crippen LogP contribution in [0, 0.1) is 13.8 Å². The molecule has 0 unspecified atom stereocenters. The zero-order valence-electron chi connectivity index (χ0n) is 13.5. The van der Waals surface area contributed by atoms with Gasteiger partial charge in [0, 0.05) is 18.0 Å². The van der Waals surface area contributed by atoms with Gasteiger partial charge >= 0.3 is 0 Å². The number of nitrogens with zero attached hydrogens (tertiary/aromatic N) is 2. The molecule has 2 aromatic rings. The summed E-state index contributed by atoms with van der Waals surface area (Å²) in [5, 5.41) is 3.15. The number of halogens is 1. The van der Waals surface area contributed by atoms with Gasteiger partial charge in [-0.3, -0.25) is 0 Å². The number of anilines is 1. The van der Waals surface area contributed by atoms with Crippen LogP contribution < -0.4 is 5.32 Å². The first-order valence-corrected chi connectivity index (χ1v) is 7.86. The SMILES string of the molecule is CNc1nc(-c2ccc(C)cc2C)nc(C(C)(C)C)c1Br. The van der Waals surface area contributed by atoms with E-state index in [-0.39, 0.29) is 5.41 Å². The number of aryl methyl sites for hydroxylation is 2. The number of nitrogens with one attached hydrogen (secondary N) is 1. The summed E-state index contributed by atoms with van der Waals surface area (Å²) in [5.41, 5.74) is 4.48. The van der Waals surface area contributed by atoms with Gasteiger partial charge in [-0.15, -0.1) is 0 Å². The Kier molecular flexibility index (Phi) is 4.38. The molecule has 0 aliphatic rings. The van der Waals surface area contributed by atoms with E-state index in [1.54, 1.807) is 0 Å². The van der Waals surface area contributed by atoms with E-state index in [0.29, 0.717) is 0 Å². The van der Waals surface area contributed by atoms with E-state index in [4.69, 9.17) is 4.98 Å². The number of hydrogen-bond acceptors (Lipinski definition) is 3. The molecule has 0 aliphatic heterocycles. The highest BCUT2D eigenvalue weighted by atomic mass is 79.9. The summed E-state index contributed by atoms with van der Waals surface area (Å²) in [4.78, 5) is 9.47. The van der Waals surface area contributed by atoms with E-state index in [9.17, 15) is 0 Å². The molecule has 0 amide bonds.